The minimum absolute atomic E-state index is 0.201. The smallest absolute Gasteiger partial charge is 0.257 e. The molecule has 0 aliphatic heterocycles. The summed E-state index contributed by atoms with van der Waals surface area (Å²) in [6, 6.07) is 16.5. The third-order valence-corrected chi connectivity index (χ3v) is 3.99. The first-order valence-corrected chi connectivity index (χ1v) is 7.99. The third kappa shape index (κ3) is 3.78. The van der Waals surface area contributed by atoms with Crippen molar-refractivity contribution in [1.29, 1.82) is 0 Å². The summed E-state index contributed by atoms with van der Waals surface area (Å²) in [5, 5.41) is 2.32. The number of carbonyl (C=O) groups is 2. The fourth-order valence-corrected chi connectivity index (χ4v) is 2.63. The molecule has 0 unspecified atom stereocenters. The van der Waals surface area contributed by atoms with Crippen LogP contribution in [0.1, 0.15) is 26.3 Å². The first-order valence-electron chi connectivity index (χ1n) is 7.61. The molecule has 0 aromatic heterocycles. The minimum atomic E-state index is -1.17. The fraction of sp³-hybridized carbons (Fsp3) is 0. The Balaban J connectivity index is 1.84. The summed E-state index contributed by atoms with van der Waals surface area (Å²) in [6.07, 6.45) is 0. The number of hydrogen-bond donors (Lipinski definition) is 1. The van der Waals surface area contributed by atoms with E-state index in [1.165, 1.54) is 6.07 Å². The molecule has 1 amide bonds. The van der Waals surface area contributed by atoms with Crippen LogP contribution in [-0.2, 0) is 0 Å². The third-order valence-electron chi connectivity index (χ3n) is 3.67. The summed E-state index contributed by atoms with van der Waals surface area (Å²) in [5.41, 5.74) is 1.02. The van der Waals surface area contributed by atoms with Gasteiger partial charge in [0.25, 0.3) is 5.91 Å². The lowest BCUT2D eigenvalue weighted by Gasteiger charge is -2.09. The molecule has 0 radical (unpaired) electrons. The van der Waals surface area contributed by atoms with Crippen molar-refractivity contribution in [3.8, 4) is 0 Å². The Labute approximate surface area is 153 Å². The number of ketones is 1. The Morgan fingerprint density at radius 2 is 1.46 bits per heavy atom. The molecule has 3 aromatic carbocycles. The van der Waals surface area contributed by atoms with Crippen LogP contribution >= 0.6 is 11.6 Å². The first kappa shape index (κ1) is 17.8. The van der Waals surface area contributed by atoms with Crippen molar-refractivity contribution < 1.29 is 18.4 Å². The standard InChI is InChI=1S/C20H12ClF2NO2/c21-16-11-18(23)17(22)10-15(16)20(26)24-14-8-4-7-13(9-14)19(25)12-5-2-1-3-6-12/h1-11H,(H,24,26). The molecule has 3 rings (SSSR count). The molecule has 1 N–H and O–H groups in total. The zero-order chi connectivity index (χ0) is 18.7. The van der Waals surface area contributed by atoms with E-state index in [0.29, 0.717) is 16.8 Å². The number of amides is 1. The molecule has 0 fully saturated rings. The number of benzene rings is 3. The number of anilines is 1. The number of hydrogen-bond acceptors (Lipinski definition) is 2. The summed E-state index contributed by atoms with van der Waals surface area (Å²) in [7, 11) is 0. The lowest BCUT2D eigenvalue weighted by Crippen LogP contribution is -2.14. The maximum Gasteiger partial charge on any atom is 0.257 e. The Morgan fingerprint density at radius 1 is 0.808 bits per heavy atom. The van der Waals surface area contributed by atoms with E-state index in [1.54, 1.807) is 48.5 Å². The molecule has 0 saturated carbocycles. The van der Waals surface area contributed by atoms with Crippen molar-refractivity contribution >= 4 is 29.0 Å². The van der Waals surface area contributed by atoms with Crippen molar-refractivity contribution in [2.24, 2.45) is 0 Å². The molecular formula is C20H12ClF2NO2. The van der Waals surface area contributed by atoms with Crippen molar-refractivity contribution in [3.05, 3.63) is 100 Å². The maximum atomic E-state index is 13.4. The van der Waals surface area contributed by atoms with Crippen LogP contribution in [0, 0.1) is 11.6 Å². The second-order valence-electron chi connectivity index (χ2n) is 5.48. The van der Waals surface area contributed by atoms with Gasteiger partial charge >= 0.3 is 0 Å². The van der Waals surface area contributed by atoms with Gasteiger partial charge in [0.15, 0.2) is 17.4 Å². The van der Waals surface area contributed by atoms with E-state index in [9.17, 15) is 18.4 Å². The van der Waals surface area contributed by atoms with Gasteiger partial charge in [0.05, 0.1) is 10.6 Å². The van der Waals surface area contributed by atoms with E-state index < -0.39 is 17.5 Å². The largest absolute Gasteiger partial charge is 0.322 e. The number of carbonyl (C=O) groups excluding carboxylic acids is 2. The molecule has 26 heavy (non-hydrogen) atoms. The van der Waals surface area contributed by atoms with E-state index in [4.69, 9.17) is 11.6 Å². The van der Waals surface area contributed by atoms with Gasteiger partial charge < -0.3 is 5.32 Å². The SMILES string of the molecule is O=C(c1ccccc1)c1cccc(NC(=O)c2cc(F)c(F)cc2Cl)c1. The van der Waals surface area contributed by atoms with Crippen molar-refractivity contribution in [1.82, 2.24) is 0 Å². The summed E-state index contributed by atoms with van der Waals surface area (Å²) in [5.74, 6) is -3.22. The predicted octanol–water partition coefficient (Wildman–Crippen LogP) is 5.10. The Bertz CT molecular complexity index is 990. The van der Waals surface area contributed by atoms with Gasteiger partial charge in [0.1, 0.15) is 0 Å². The monoisotopic (exact) mass is 371 g/mol. The molecule has 3 nitrogen and oxygen atoms in total. The quantitative estimate of drug-likeness (QED) is 0.512. The maximum absolute atomic E-state index is 13.4. The van der Waals surface area contributed by atoms with E-state index >= 15 is 0 Å². The van der Waals surface area contributed by atoms with Crippen LogP contribution in [0.5, 0.6) is 0 Å². The summed E-state index contributed by atoms with van der Waals surface area (Å²) in [6.45, 7) is 0. The minimum Gasteiger partial charge on any atom is -0.322 e. The summed E-state index contributed by atoms with van der Waals surface area (Å²) >= 11 is 5.80. The van der Waals surface area contributed by atoms with E-state index in [1.807, 2.05) is 0 Å². The molecule has 0 heterocycles. The number of rotatable bonds is 4. The molecular weight excluding hydrogens is 360 g/mol. The summed E-state index contributed by atoms with van der Waals surface area (Å²) < 4.78 is 26.5. The normalized spacial score (nSPS) is 10.4. The van der Waals surface area contributed by atoms with Crippen LogP contribution < -0.4 is 5.32 Å². The predicted molar refractivity (Wildman–Crippen MR) is 95.6 cm³/mol. The van der Waals surface area contributed by atoms with Crippen LogP contribution in [0.2, 0.25) is 5.02 Å². The molecule has 0 bridgehead atoms. The average molecular weight is 372 g/mol. The van der Waals surface area contributed by atoms with Crippen LogP contribution in [0.15, 0.2) is 66.7 Å². The lowest BCUT2D eigenvalue weighted by molar-refractivity contribution is 0.102. The number of nitrogens with one attached hydrogen (secondary N) is 1. The second-order valence-corrected chi connectivity index (χ2v) is 5.88. The molecule has 130 valence electrons. The van der Waals surface area contributed by atoms with Crippen molar-refractivity contribution in [2.75, 3.05) is 5.32 Å². The van der Waals surface area contributed by atoms with Crippen LogP contribution in [0.4, 0.5) is 14.5 Å². The highest BCUT2D eigenvalue weighted by molar-refractivity contribution is 6.34. The first-order chi connectivity index (χ1) is 12.5. The molecule has 0 atom stereocenters. The molecule has 0 aliphatic rings. The van der Waals surface area contributed by atoms with Gasteiger partial charge in [-0.05, 0) is 24.3 Å². The van der Waals surface area contributed by atoms with Crippen LogP contribution in [0.3, 0.4) is 0 Å². The average Bonchev–Trinajstić information content (AvgIpc) is 2.65. The van der Waals surface area contributed by atoms with E-state index in [2.05, 4.69) is 5.32 Å². The molecule has 0 aliphatic carbocycles. The van der Waals surface area contributed by atoms with Gasteiger partial charge in [-0.15, -0.1) is 0 Å². The van der Waals surface area contributed by atoms with Gasteiger partial charge in [-0.1, -0.05) is 54.1 Å². The van der Waals surface area contributed by atoms with E-state index in [0.717, 1.165) is 12.1 Å². The molecule has 6 heteroatoms. The van der Waals surface area contributed by atoms with Gasteiger partial charge in [-0.2, -0.15) is 0 Å². The van der Waals surface area contributed by atoms with Crippen LogP contribution in [-0.4, -0.2) is 11.7 Å². The van der Waals surface area contributed by atoms with Gasteiger partial charge in [0, 0.05) is 16.8 Å². The van der Waals surface area contributed by atoms with Crippen LogP contribution in [0.25, 0.3) is 0 Å². The summed E-state index contributed by atoms with van der Waals surface area (Å²) in [4.78, 5) is 24.7. The Kier molecular flexibility index (Phi) is 5.09. The Hall–Kier alpha value is -3.05. The number of halogens is 3. The fourth-order valence-electron chi connectivity index (χ4n) is 2.39. The highest BCUT2D eigenvalue weighted by atomic mass is 35.5. The lowest BCUT2D eigenvalue weighted by atomic mass is 10.0. The topological polar surface area (TPSA) is 46.2 Å². The van der Waals surface area contributed by atoms with Crippen molar-refractivity contribution in [3.63, 3.8) is 0 Å². The van der Waals surface area contributed by atoms with Crippen molar-refractivity contribution in [2.45, 2.75) is 0 Å². The zero-order valence-electron chi connectivity index (χ0n) is 13.3. The zero-order valence-corrected chi connectivity index (χ0v) is 14.1. The molecule has 0 spiro atoms. The highest BCUT2D eigenvalue weighted by Gasteiger charge is 2.16. The van der Waals surface area contributed by atoms with Gasteiger partial charge in [0.2, 0.25) is 0 Å². The second kappa shape index (κ2) is 7.45. The van der Waals surface area contributed by atoms with E-state index in [-0.39, 0.29) is 16.4 Å². The molecule has 3 aromatic rings. The van der Waals surface area contributed by atoms with Gasteiger partial charge in [-0.25, -0.2) is 8.78 Å². The van der Waals surface area contributed by atoms with Gasteiger partial charge in [-0.3, -0.25) is 9.59 Å². The highest BCUT2D eigenvalue weighted by Crippen LogP contribution is 2.22. The molecule has 0 saturated heterocycles. The Morgan fingerprint density at radius 3 is 2.19 bits per heavy atom.